The Morgan fingerprint density at radius 1 is 1.15 bits per heavy atom. The Morgan fingerprint density at radius 2 is 1.96 bits per heavy atom. The topological polar surface area (TPSA) is 88.8 Å². The number of piperazine rings is 1. The maximum absolute atomic E-state index is 13.8. The van der Waals surface area contributed by atoms with E-state index in [9.17, 15) is 14.4 Å². The van der Waals surface area contributed by atoms with Crippen molar-refractivity contribution in [2.45, 2.75) is 50.6 Å². The molecule has 3 fully saturated rings. The number of ether oxygens (including phenoxy) is 1. The monoisotopic (exact) mass is 643 g/mol. The van der Waals surface area contributed by atoms with E-state index in [4.69, 9.17) is 26.3 Å². The lowest BCUT2D eigenvalue weighted by molar-refractivity contribution is -0.131. The van der Waals surface area contributed by atoms with Gasteiger partial charge < -0.3 is 24.3 Å². The van der Waals surface area contributed by atoms with Gasteiger partial charge in [0.15, 0.2) is 5.83 Å². The van der Waals surface area contributed by atoms with Crippen LogP contribution in [0.2, 0.25) is 5.02 Å². The molecule has 4 aliphatic rings. The highest BCUT2D eigenvalue weighted by Crippen LogP contribution is 2.48. The average Bonchev–Trinajstić information content (AvgIpc) is 3.45. The molecule has 4 heterocycles. The number of carbonyl (C=O) groups excluding carboxylic acids is 1. The Labute approximate surface area is 274 Å². The van der Waals surface area contributed by atoms with Crippen molar-refractivity contribution in [2.24, 2.45) is 5.41 Å². The highest BCUT2D eigenvalue weighted by Gasteiger charge is 2.47. The van der Waals surface area contributed by atoms with Crippen molar-refractivity contribution in [1.29, 1.82) is 5.26 Å². The molecule has 3 aliphatic heterocycles. The van der Waals surface area contributed by atoms with Crippen LogP contribution in [0.5, 0.6) is 6.01 Å². The normalized spacial score (nSPS) is 22.4. The molecule has 0 bridgehead atoms. The lowest BCUT2D eigenvalue weighted by Crippen LogP contribution is -2.59. The van der Waals surface area contributed by atoms with Gasteiger partial charge in [-0.1, -0.05) is 42.4 Å². The summed E-state index contributed by atoms with van der Waals surface area (Å²) in [5.41, 5.74) is 3.36. The third-order valence-corrected chi connectivity index (χ3v) is 10.7. The van der Waals surface area contributed by atoms with E-state index in [-0.39, 0.29) is 18.4 Å². The third kappa shape index (κ3) is 5.64. The molecule has 11 heteroatoms. The lowest BCUT2D eigenvalue weighted by atomic mass is 9.67. The van der Waals surface area contributed by atoms with Crippen LogP contribution in [0.4, 0.5) is 15.9 Å². The molecule has 0 saturated carbocycles. The Hall–Kier alpha value is -3.94. The molecule has 0 unspecified atom stereocenters. The number of hydrogen-bond donors (Lipinski definition) is 0. The number of aromatic nitrogens is 2. The Kier molecular flexibility index (Phi) is 8.24. The van der Waals surface area contributed by atoms with Crippen LogP contribution in [0.1, 0.15) is 36.9 Å². The molecule has 2 atom stereocenters. The van der Waals surface area contributed by atoms with Crippen molar-refractivity contribution in [3.63, 3.8) is 0 Å². The first kappa shape index (κ1) is 30.7. The molecule has 1 spiro atoms. The molecule has 0 N–H and O–H groups in total. The van der Waals surface area contributed by atoms with Gasteiger partial charge in [-0.25, -0.2) is 4.39 Å². The highest BCUT2D eigenvalue weighted by molar-refractivity contribution is 6.36. The number of anilines is 2. The SMILES string of the molecule is C=C(F)C(=O)N1CCN(c2nc(OC[C@@H]3CCCN3C)nc3c2CCC2(C3)CN(c3cccc4cccc(Cl)c34)C2)C[C@@H]1CC#N. The second-order valence-electron chi connectivity index (χ2n) is 13.4. The zero-order valence-electron chi connectivity index (χ0n) is 26.2. The summed E-state index contributed by atoms with van der Waals surface area (Å²) in [4.78, 5) is 30.8. The van der Waals surface area contributed by atoms with Gasteiger partial charge in [0.1, 0.15) is 12.4 Å². The molecule has 9 nitrogen and oxygen atoms in total. The standard InChI is InChI=1S/C35H39ClFN7O2/c1-23(37)33(45)44-17-16-42(19-25(44)12-14-38)32-27-11-13-35(18-29(27)39-34(40-32)46-20-26-8-5-15-41(26)2)21-43(22-35)30-10-4-7-24-6-3-9-28(36)31(24)30/h3-4,6-7,9-10,25-26H,1,5,8,11-13,15-22H2,2H3/t25-,26-/m0/s1. The number of carbonyl (C=O) groups is 1. The average molecular weight is 644 g/mol. The summed E-state index contributed by atoms with van der Waals surface area (Å²) in [6.45, 7) is 7.73. The van der Waals surface area contributed by atoms with Gasteiger partial charge in [0.05, 0.1) is 29.2 Å². The fourth-order valence-electron chi connectivity index (χ4n) is 7.91. The minimum Gasteiger partial charge on any atom is -0.462 e. The number of hydrogen-bond acceptors (Lipinski definition) is 8. The summed E-state index contributed by atoms with van der Waals surface area (Å²) >= 11 is 6.67. The summed E-state index contributed by atoms with van der Waals surface area (Å²) < 4.78 is 20.1. The number of fused-ring (bicyclic) bond motifs is 2. The smallest absolute Gasteiger partial charge is 0.318 e. The fraction of sp³-hybridized carbons (Fsp3) is 0.486. The molecule has 2 aromatic carbocycles. The zero-order chi connectivity index (χ0) is 32.0. The predicted molar refractivity (Wildman–Crippen MR) is 177 cm³/mol. The van der Waals surface area contributed by atoms with E-state index in [1.807, 2.05) is 12.1 Å². The van der Waals surface area contributed by atoms with E-state index >= 15 is 0 Å². The lowest BCUT2D eigenvalue weighted by Gasteiger charge is -2.54. The molecule has 1 amide bonds. The third-order valence-electron chi connectivity index (χ3n) is 10.4. The van der Waals surface area contributed by atoms with Crippen LogP contribution in [0.25, 0.3) is 10.8 Å². The van der Waals surface area contributed by atoms with Crippen molar-refractivity contribution in [3.05, 3.63) is 65.1 Å². The van der Waals surface area contributed by atoms with E-state index in [2.05, 4.69) is 58.7 Å². The van der Waals surface area contributed by atoms with Gasteiger partial charge in [-0.05, 0) is 63.2 Å². The van der Waals surface area contributed by atoms with Gasteiger partial charge in [-0.2, -0.15) is 15.2 Å². The van der Waals surface area contributed by atoms with Gasteiger partial charge in [-0.3, -0.25) is 4.79 Å². The van der Waals surface area contributed by atoms with Crippen molar-refractivity contribution in [1.82, 2.24) is 19.8 Å². The van der Waals surface area contributed by atoms with Crippen LogP contribution < -0.4 is 14.5 Å². The van der Waals surface area contributed by atoms with Gasteiger partial charge in [0.2, 0.25) is 0 Å². The first-order chi connectivity index (χ1) is 22.2. The van der Waals surface area contributed by atoms with E-state index in [0.29, 0.717) is 31.7 Å². The van der Waals surface area contributed by atoms with Gasteiger partial charge in [0, 0.05) is 60.8 Å². The molecular weight excluding hydrogens is 605 g/mol. The molecule has 240 valence electrons. The van der Waals surface area contributed by atoms with Crippen LogP contribution in [0.3, 0.4) is 0 Å². The summed E-state index contributed by atoms with van der Waals surface area (Å²) in [5, 5.41) is 12.5. The van der Waals surface area contributed by atoms with Crippen molar-refractivity contribution >= 4 is 39.8 Å². The number of halogens is 2. The quantitative estimate of drug-likeness (QED) is 0.326. The molecule has 3 aromatic rings. The van der Waals surface area contributed by atoms with Crippen LogP contribution >= 0.6 is 11.6 Å². The molecule has 1 aliphatic carbocycles. The summed E-state index contributed by atoms with van der Waals surface area (Å²) in [6.07, 6.45) is 4.96. The second kappa shape index (κ2) is 12.3. The van der Waals surface area contributed by atoms with Crippen LogP contribution in [-0.4, -0.2) is 90.7 Å². The number of nitriles is 1. The van der Waals surface area contributed by atoms with Crippen molar-refractivity contribution < 1.29 is 13.9 Å². The minimum absolute atomic E-state index is 0.0843. The minimum atomic E-state index is -1.01. The van der Waals surface area contributed by atoms with Gasteiger partial charge in [0.25, 0.3) is 5.91 Å². The number of amides is 1. The van der Waals surface area contributed by atoms with E-state index in [1.165, 1.54) is 10.6 Å². The second-order valence-corrected chi connectivity index (χ2v) is 13.8. The van der Waals surface area contributed by atoms with E-state index in [0.717, 1.165) is 84.6 Å². The maximum Gasteiger partial charge on any atom is 0.318 e. The molecule has 1 aromatic heterocycles. The van der Waals surface area contributed by atoms with E-state index < -0.39 is 17.8 Å². The van der Waals surface area contributed by atoms with Crippen LogP contribution in [0.15, 0.2) is 48.8 Å². The first-order valence-corrected chi connectivity index (χ1v) is 16.6. The molecule has 7 rings (SSSR count). The zero-order valence-corrected chi connectivity index (χ0v) is 27.0. The Bertz CT molecular complexity index is 1720. The maximum atomic E-state index is 13.8. The summed E-state index contributed by atoms with van der Waals surface area (Å²) in [6, 6.07) is 14.8. The van der Waals surface area contributed by atoms with Gasteiger partial charge >= 0.3 is 6.01 Å². The number of likely N-dealkylation sites (N-methyl/N-ethyl adjacent to an activating group) is 1. The largest absolute Gasteiger partial charge is 0.462 e. The van der Waals surface area contributed by atoms with Crippen LogP contribution in [0, 0.1) is 16.7 Å². The molecule has 0 radical (unpaired) electrons. The Balaban J connectivity index is 1.16. The number of nitrogens with zero attached hydrogens (tertiary/aromatic N) is 7. The molecule has 3 saturated heterocycles. The van der Waals surface area contributed by atoms with Crippen molar-refractivity contribution in [2.75, 3.05) is 62.7 Å². The van der Waals surface area contributed by atoms with Crippen molar-refractivity contribution in [3.8, 4) is 12.1 Å². The predicted octanol–water partition coefficient (Wildman–Crippen LogP) is 5.17. The van der Waals surface area contributed by atoms with E-state index in [1.54, 1.807) is 0 Å². The molecule has 46 heavy (non-hydrogen) atoms. The Morgan fingerprint density at radius 3 is 2.70 bits per heavy atom. The first-order valence-electron chi connectivity index (χ1n) is 16.2. The fourth-order valence-corrected chi connectivity index (χ4v) is 8.19. The van der Waals surface area contributed by atoms with Crippen LogP contribution in [-0.2, 0) is 17.6 Å². The number of benzene rings is 2. The van der Waals surface area contributed by atoms with Gasteiger partial charge in [-0.15, -0.1) is 0 Å². The highest BCUT2D eigenvalue weighted by atomic mass is 35.5. The number of rotatable bonds is 7. The number of likely N-dealkylation sites (tertiary alicyclic amines) is 1. The summed E-state index contributed by atoms with van der Waals surface area (Å²) in [5.74, 6) is -0.951. The molecular formula is C35H39ClFN7O2. The summed E-state index contributed by atoms with van der Waals surface area (Å²) in [7, 11) is 2.12.